The van der Waals surface area contributed by atoms with E-state index in [1.807, 2.05) is 71.3 Å². The Labute approximate surface area is 220 Å². The van der Waals surface area contributed by atoms with E-state index >= 15 is 0 Å². The van der Waals surface area contributed by atoms with Crippen LogP contribution in [0, 0.1) is 10.1 Å². The summed E-state index contributed by atoms with van der Waals surface area (Å²) in [4.78, 5) is 17.6. The average Bonchev–Trinajstić information content (AvgIpc) is 3.31. The number of benzene rings is 4. The molecule has 0 radical (unpaired) electrons. The van der Waals surface area contributed by atoms with Crippen LogP contribution in [0.3, 0.4) is 0 Å². The molecule has 0 atom stereocenters. The van der Waals surface area contributed by atoms with Gasteiger partial charge >= 0.3 is 0 Å². The van der Waals surface area contributed by atoms with Crippen LogP contribution in [-0.4, -0.2) is 28.1 Å². The number of nitrogens with zero attached hydrogens (tertiary/aromatic N) is 6. The molecule has 9 nitrogen and oxygen atoms in total. The molecule has 0 aliphatic carbocycles. The molecule has 0 bridgehead atoms. The van der Waals surface area contributed by atoms with E-state index in [1.165, 1.54) is 17.7 Å². The first-order valence-electron chi connectivity index (χ1n) is 12.2. The molecule has 0 amide bonds. The number of rotatable bonds is 9. The third-order valence-electron chi connectivity index (χ3n) is 6.25. The van der Waals surface area contributed by atoms with E-state index in [9.17, 15) is 10.1 Å². The number of non-ortho nitro benzene ring substituents is 1. The Hall–Kier alpha value is -4.89. The molecule has 4 aromatic carbocycles. The van der Waals surface area contributed by atoms with Crippen LogP contribution in [0.4, 0.5) is 22.7 Å². The Balaban J connectivity index is 1.31. The first-order chi connectivity index (χ1) is 18.5. The lowest BCUT2D eigenvalue weighted by atomic mass is 10.2. The van der Waals surface area contributed by atoms with Crippen molar-refractivity contribution in [1.82, 2.24) is 9.55 Å². The highest BCUT2D eigenvalue weighted by Crippen LogP contribution is 2.29. The van der Waals surface area contributed by atoms with Crippen molar-refractivity contribution in [2.24, 2.45) is 16.0 Å². The SMILES string of the molecule is CN(Cc1ccccc1)c1ccc(N=Nc2ccc(-c3nc4cc([N+](=O)[O-])ccc4n3CCN)cc2)cc1. The lowest BCUT2D eigenvalue weighted by Crippen LogP contribution is -2.15. The Bertz CT molecular complexity index is 1580. The molecule has 1 heterocycles. The molecule has 0 unspecified atom stereocenters. The fraction of sp³-hybridized carbons (Fsp3) is 0.138. The van der Waals surface area contributed by atoms with Gasteiger partial charge in [-0.25, -0.2) is 4.98 Å². The molecule has 0 aliphatic heterocycles. The van der Waals surface area contributed by atoms with Crippen LogP contribution in [-0.2, 0) is 13.1 Å². The van der Waals surface area contributed by atoms with Crippen molar-refractivity contribution in [2.45, 2.75) is 13.1 Å². The van der Waals surface area contributed by atoms with E-state index in [1.54, 1.807) is 6.07 Å². The lowest BCUT2D eigenvalue weighted by molar-refractivity contribution is -0.384. The fourth-order valence-corrected chi connectivity index (χ4v) is 4.32. The first-order valence-corrected chi connectivity index (χ1v) is 12.2. The molecule has 0 saturated carbocycles. The number of anilines is 1. The number of nitro groups is 1. The second-order valence-electron chi connectivity index (χ2n) is 8.91. The molecule has 190 valence electrons. The van der Waals surface area contributed by atoms with Gasteiger partial charge in [-0.05, 0) is 60.2 Å². The zero-order valence-electron chi connectivity index (χ0n) is 20.9. The van der Waals surface area contributed by atoms with E-state index in [0.717, 1.165) is 29.0 Å². The molecule has 5 aromatic rings. The molecule has 0 aliphatic rings. The number of hydrogen-bond donors (Lipinski definition) is 1. The van der Waals surface area contributed by atoms with E-state index in [2.05, 4.69) is 39.3 Å². The highest BCUT2D eigenvalue weighted by Gasteiger charge is 2.15. The van der Waals surface area contributed by atoms with Gasteiger partial charge in [0, 0.05) is 50.1 Å². The van der Waals surface area contributed by atoms with Crippen LogP contribution in [0.25, 0.3) is 22.4 Å². The number of azo groups is 1. The molecular formula is C29H27N7O2. The van der Waals surface area contributed by atoms with Gasteiger partial charge in [-0.15, -0.1) is 0 Å². The van der Waals surface area contributed by atoms with Crippen LogP contribution >= 0.6 is 0 Å². The smallest absolute Gasteiger partial charge is 0.271 e. The Morgan fingerprint density at radius 2 is 1.58 bits per heavy atom. The molecule has 2 N–H and O–H groups in total. The molecule has 1 aromatic heterocycles. The monoisotopic (exact) mass is 505 g/mol. The summed E-state index contributed by atoms with van der Waals surface area (Å²) in [6.45, 7) is 1.79. The summed E-state index contributed by atoms with van der Waals surface area (Å²) in [6, 6.07) is 30.6. The third-order valence-corrected chi connectivity index (χ3v) is 6.25. The quantitative estimate of drug-likeness (QED) is 0.137. The van der Waals surface area contributed by atoms with Gasteiger partial charge in [0.15, 0.2) is 0 Å². The van der Waals surface area contributed by atoms with Crippen LogP contribution in [0.1, 0.15) is 5.56 Å². The van der Waals surface area contributed by atoms with Crippen LogP contribution in [0.2, 0.25) is 0 Å². The maximum atomic E-state index is 11.2. The van der Waals surface area contributed by atoms with Crippen molar-refractivity contribution < 1.29 is 4.92 Å². The summed E-state index contributed by atoms with van der Waals surface area (Å²) in [5.74, 6) is 0.699. The van der Waals surface area contributed by atoms with E-state index < -0.39 is 4.92 Å². The third kappa shape index (κ3) is 5.42. The van der Waals surface area contributed by atoms with Crippen LogP contribution < -0.4 is 10.6 Å². The fourth-order valence-electron chi connectivity index (χ4n) is 4.32. The highest BCUT2D eigenvalue weighted by atomic mass is 16.6. The molecule has 5 rings (SSSR count). The minimum absolute atomic E-state index is 0.00748. The van der Waals surface area contributed by atoms with E-state index in [-0.39, 0.29) is 5.69 Å². The normalized spacial score (nSPS) is 11.3. The van der Waals surface area contributed by atoms with Gasteiger partial charge in [0.05, 0.1) is 27.3 Å². The van der Waals surface area contributed by atoms with E-state index in [4.69, 9.17) is 5.73 Å². The minimum Gasteiger partial charge on any atom is -0.370 e. The topological polar surface area (TPSA) is 115 Å². The highest BCUT2D eigenvalue weighted by molar-refractivity contribution is 5.83. The number of nitrogens with two attached hydrogens (primary N) is 1. The van der Waals surface area contributed by atoms with Gasteiger partial charge in [0.2, 0.25) is 0 Å². The standard InChI is InChI=1S/C29H27N7O2/c1-34(20-21-5-3-2-4-6-21)25-13-11-24(12-14-25)33-32-23-9-7-22(8-10-23)29-31-27-19-26(36(37)38)15-16-28(27)35(29)18-17-30/h2-16,19H,17-18,20,30H2,1H3. The van der Waals surface area contributed by atoms with Crippen molar-refractivity contribution in [2.75, 3.05) is 18.5 Å². The van der Waals surface area contributed by atoms with Crippen molar-refractivity contribution >= 4 is 33.8 Å². The molecule has 0 spiro atoms. The Kier molecular flexibility index (Phi) is 7.19. The summed E-state index contributed by atoms with van der Waals surface area (Å²) < 4.78 is 1.98. The van der Waals surface area contributed by atoms with Gasteiger partial charge in [-0.3, -0.25) is 10.1 Å². The average molecular weight is 506 g/mol. The van der Waals surface area contributed by atoms with Crippen molar-refractivity contribution in [1.29, 1.82) is 0 Å². The second kappa shape index (κ2) is 11.0. The predicted molar refractivity (Wildman–Crippen MR) is 150 cm³/mol. The molecule has 38 heavy (non-hydrogen) atoms. The Morgan fingerprint density at radius 3 is 2.21 bits per heavy atom. The largest absolute Gasteiger partial charge is 0.370 e. The molecule has 9 heteroatoms. The number of hydrogen-bond acceptors (Lipinski definition) is 7. The van der Waals surface area contributed by atoms with Crippen molar-refractivity contribution in [3.8, 4) is 11.4 Å². The van der Waals surface area contributed by atoms with Gasteiger partial charge in [0.25, 0.3) is 5.69 Å². The number of fused-ring (bicyclic) bond motifs is 1. The summed E-state index contributed by atoms with van der Waals surface area (Å²) in [7, 11) is 2.06. The summed E-state index contributed by atoms with van der Waals surface area (Å²) in [6.07, 6.45) is 0. The van der Waals surface area contributed by atoms with Gasteiger partial charge in [0.1, 0.15) is 5.82 Å². The summed E-state index contributed by atoms with van der Waals surface area (Å²) in [5.41, 5.74) is 11.9. The summed E-state index contributed by atoms with van der Waals surface area (Å²) >= 11 is 0. The predicted octanol–water partition coefficient (Wildman–Crippen LogP) is 6.62. The maximum Gasteiger partial charge on any atom is 0.271 e. The summed E-state index contributed by atoms with van der Waals surface area (Å²) in [5, 5.41) is 19.9. The van der Waals surface area contributed by atoms with Gasteiger partial charge in [-0.2, -0.15) is 10.2 Å². The number of imidazole rings is 1. The zero-order chi connectivity index (χ0) is 26.5. The number of aromatic nitrogens is 2. The maximum absolute atomic E-state index is 11.2. The minimum atomic E-state index is -0.419. The van der Waals surface area contributed by atoms with Crippen LogP contribution in [0.15, 0.2) is 107 Å². The first kappa shape index (κ1) is 24.8. The van der Waals surface area contributed by atoms with Gasteiger partial charge < -0.3 is 15.2 Å². The lowest BCUT2D eigenvalue weighted by Gasteiger charge is -2.19. The van der Waals surface area contributed by atoms with Crippen molar-refractivity contribution in [3.05, 3.63) is 113 Å². The zero-order valence-corrected chi connectivity index (χ0v) is 20.9. The van der Waals surface area contributed by atoms with E-state index in [0.29, 0.717) is 30.1 Å². The number of nitro benzene ring substituents is 1. The Morgan fingerprint density at radius 1 is 0.921 bits per heavy atom. The second-order valence-corrected chi connectivity index (χ2v) is 8.91. The van der Waals surface area contributed by atoms with Crippen LogP contribution in [0.5, 0.6) is 0 Å². The molecule has 0 fully saturated rings. The van der Waals surface area contributed by atoms with Gasteiger partial charge in [-0.1, -0.05) is 30.3 Å². The molecular weight excluding hydrogens is 478 g/mol. The molecule has 0 saturated heterocycles. The van der Waals surface area contributed by atoms with Crippen molar-refractivity contribution in [3.63, 3.8) is 0 Å².